The summed E-state index contributed by atoms with van der Waals surface area (Å²) < 4.78 is 0. The molecule has 0 bridgehead atoms. The topological polar surface area (TPSA) is 77.8 Å². The minimum atomic E-state index is -1.07. The van der Waals surface area contributed by atoms with E-state index in [0.717, 1.165) is 16.7 Å². The summed E-state index contributed by atoms with van der Waals surface area (Å²) in [6, 6.07) is 8.00. The van der Waals surface area contributed by atoms with Gasteiger partial charge < -0.3 is 15.3 Å². The van der Waals surface area contributed by atoms with Crippen molar-refractivity contribution >= 4 is 5.97 Å². The Morgan fingerprint density at radius 2 is 1.65 bits per heavy atom. The Kier molecular flexibility index (Phi) is 3.66. The molecule has 3 N–H and O–H groups in total. The highest BCUT2D eigenvalue weighted by Gasteiger charge is 2.12. The van der Waals surface area contributed by atoms with Crippen LogP contribution in [0.5, 0.6) is 11.5 Å². The van der Waals surface area contributed by atoms with Crippen LogP contribution in [0, 0.1) is 13.8 Å². The molecule has 0 saturated carbocycles. The normalized spacial score (nSPS) is 10.5. The molecule has 104 valence electrons. The molecule has 0 aliphatic heterocycles. The standard InChI is InChI=1S/C16H16O4/c1-9-5-11(6-10(2)15(9)18)7-12-3-4-13(17)8-14(12)16(19)20/h3-6,8,17-18H,7H2,1-2H3,(H,19,20). The Labute approximate surface area is 116 Å². The van der Waals surface area contributed by atoms with Gasteiger partial charge in [-0.25, -0.2) is 4.79 Å². The number of phenolic OH excluding ortho intramolecular Hbond substituents is 2. The van der Waals surface area contributed by atoms with E-state index in [1.54, 1.807) is 19.9 Å². The number of hydrogen-bond donors (Lipinski definition) is 3. The maximum absolute atomic E-state index is 11.2. The Hall–Kier alpha value is -2.49. The average molecular weight is 272 g/mol. The van der Waals surface area contributed by atoms with E-state index in [2.05, 4.69) is 0 Å². The van der Waals surface area contributed by atoms with Crippen molar-refractivity contribution in [1.29, 1.82) is 0 Å². The molecule has 4 heteroatoms. The maximum atomic E-state index is 11.2. The molecule has 0 radical (unpaired) electrons. The Morgan fingerprint density at radius 3 is 2.20 bits per heavy atom. The third-order valence-corrected chi connectivity index (χ3v) is 3.27. The predicted octanol–water partition coefficient (Wildman–Crippen LogP) is 3.00. The van der Waals surface area contributed by atoms with E-state index >= 15 is 0 Å². The fraction of sp³-hybridized carbons (Fsp3) is 0.188. The van der Waals surface area contributed by atoms with Crippen LogP contribution in [0.4, 0.5) is 0 Å². The van der Waals surface area contributed by atoms with Crippen LogP contribution in [0.2, 0.25) is 0 Å². The largest absolute Gasteiger partial charge is 0.508 e. The van der Waals surface area contributed by atoms with Gasteiger partial charge in [0.25, 0.3) is 0 Å². The first-order valence-electron chi connectivity index (χ1n) is 6.22. The van der Waals surface area contributed by atoms with Crippen molar-refractivity contribution < 1.29 is 20.1 Å². The van der Waals surface area contributed by atoms with Crippen LogP contribution in [-0.4, -0.2) is 21.3 Å². The first-order valence-corrected chi connectivity index (χ1v) is 6.22. The molecule has 0 aliphatic carbocycles. The fourth-order valence-corrected chi connectivity index (χ4v) is 2.29. The lowest BCUT2D eigenvalue weighted by molar-refractivity contribution is 0.0695. The van der Waals surface area contributed by atoms with Crippen LogP contribution in [-0.2, 0) is 6.42 Å². The molecule has 0 unspecified atom stereocenters. The van der Waals surface area contributed by atoms with Crippen LogP contribution in [0.3, 0.4) is 0 Å². The third kappa shape index (κ3) is 2.74. The molecule has 0 spiro atoms. The monoisotopic (exact) mass is 272 g/mol. The molecular formula is C16H16O4. The summed E-state index contributed by atoms with van der Waals surface area (Å²) in [7, 11) is 0. The van der Waals surface area contributed by atoms with E-state index in [1.807, 2.05) is 12.1 Å². The number of aryl methyl sites for hydroxylation is 2. The summed E-state index contributed by atoms with van der Waals surface area (Å²) >= 11 is 0. The van der Waals surface area contributed by atoms with Crippen molar-refractivity contribution in [2.45, 2.75) is 20.3 Å². The van der Waals surface area contributed by atoms with Gasteiger partial charge in [0.15, 0.2) is 0 Å². The predicted molar refractivity (Wildman–Crippen MR) is 75.5 cm³/mol. The van der Waals surface area contributed by atoms with Gasteiger partial charge in [0.1, 0.15) is 11.5 Å². The molecule has 20 heavy (non-hydrogen) atoms. The molecule has 2 aromatic rings. The second-order valence-electron chi connectivity index (χ2n) is 4.90. The summed E-state index contributed by atoms with van der Waals surface area (Å²) in [6.45, 7) is 3.61. The summed E-state index contributed by atoms with van der Waals surface area (Å²) in [6.07, 6.45) is 0.434. The molecule has 0 aromatic heterocycles. The second kappa shape index (κ2) is 5.25. The molecule has 0 fully saturated rings. The third-order valence-electron chi connectivity index (χ3n) is 3.27. The van der Waals surface area contributed by atoms with Crippen LogP contribution < -0.4 is 0 Å². The summed E-state index contributed by atoms with van der Waals surface area (Å²) in [5, 5.41) is 28.3. The van der Waals surface area contributed by atoms with Gasteiger partial charge in [-0.1, -0.05) is 18.2 Å². The molecule has 2 rings (SSSR count). The van der Waals surface area contributed by atoms with Gasteiger partial charge in [-0.2, -0.15) is 0 Å². The fourth-order valence-electron chi connectivity index (χ4n) is 2.29. The number of aromatic hydroxyl groups is 2. The van der Waals surface area contributed by atoms with Crippen molar-refractivity contribution in [3.63, 3.8) is 0 Å². The Morgan fingerprint density at radius 1 is 1.05 bits per heavy atom. The van der Waals surface area contributed by atoms with E-state index in [-0.39, 0.29) is 17.1 Å². The van der Waals surface area contributed by atoms with Gasteiger partial charge >= 0.3 is 5.97 Å². The van der Waals surface area contributed by atoms with Crippen LogP contribution in [0.1, 0.15) is 32.6 Å². The molecule has 0 atom stereocenters. The Bertz CT molecular complexity index is 651. The van der Waals surface area contributed by atoms with Gasteiger partial charge in [-0.15, -0.1) is 0 Å². The van der Waals surface area contributed by atoms with E-state index < -0.39 is 5.97 Å². The highest BCUT2D eigenvalue weighted by molar-refractivity contribution is 5.90. The molecular weight excluding hydrogens is 256 g/mol. The number of rotatable bonds is 3. The van der Waals surface area contributed by atoms with Crippen molar-refractivity contribution in [2.75, 3.05) is 0 Å². The number of carboxylic acid groups (broad SMARTS) is 1. The molecule has 0 heterocycles. The minimum absolute atomic E-state index is 0.0655. The molecule has 0 amide bonds. The highest BCUT2D eigenvalue weighted by Crippen LogP contribution is 2.26. The van der Waals surface area contributed by atoms with Crippen molar-refractivity contribution in [3.05, 3.63) is 58.1 Å². The van der Waals surface area contributed by atoms with Gasteiger partial charge in [-0.3, -0.25) is 0 Å². The van der Waals surface area contributed by atoms with Gasteiger partial charge in [0.2, 0.25) is 0 Å². The SMILES string of the molecule is Cc1cc(Cc2ccc(O)cc2C(=O)O)cc(C)c1O. The smallest absolute Gasteiger partial charge is 0.336 e. The van der Waals surface area contributed by atoms with Crippen molar-refractivity contribution in [1.82, 2.24) is 0 Å². The minimum Gasteiger partial charge on any atom is -0.508 e. The number of hydrogen-bond acceptors (Lipinski definition) is 3. The number of carbonyl (C=O) groups is 1. The van der Waals surface area contributed by atoms with Gasteiger partial charge in [-0.05, 0) is 54.7 Å². The number of benzene rings is 2. The highest BCUT2D eigenvalue weighted by atomic mass is 16.4. The maximum Gasteiger partial charge on any atom is 0.336 e. The first kappa shape index (κ1) is 13.9. The van der Waals surface area contributed by atoms with Gasteiger partial charge in [0.05, 0.1) is 5.56 Å². The van der Waals surface area contributed by atoms with Crippen molar-refractivity contribution in [2.24, 2.45) is 0 Å². The summed E-state index contributed by atoms with van der Waals surface area (Å²) in [5.41, 5.74) is 3.16. The second-order valence-corrected chi connectivity index (χ2v) is 4.90. The average Bonchev–Trinajstić information content (AvgIpc) is 2.37. The lowest BCUT2D eigenvalue weighted by Gasteiger charge is -2.10. The number of carboxylic acids is 1. The zero-order valence-electron chi connectivity index (χ0n) is 11.3. The van der Waals surface area contributed by atoms with Crippen LogP contribution in [0.15, 0.2) is 30.3 Å². The van der Waals surface area contributed by atoms with Gasteiger partial charge in [0, 0.05) is 0 Å². The number of phenols is 2. The number of aromatic carboxylic acids is 1. The quantitative estimate of drug-likeness (QED) is 0.802. The molecule has 0 aliphatic rings. The van der Waals surface area contributed by atoms with E-state index in [0.29, 0.717) is 12.0 Å². The van der Waals surface area contributed by atoms with E-state index in [9.17, 15) is 20.1 Å². The lowest BCUT2D eigenvalue weighted by atomic mass is 9.96. The Balaban J connectivity index is 2.42. The van der Waals surface area contributed by atoms with E-state index in [1.165, 1.54) is 12.1 Å². The summed E-state index contributed by atoms with van der Waals surface area (Å²) in [4.78, 5) is 11.2. The first-order chi connectivity index (χ1) is 9.38. The molecule has 4 nitrogen and oxygen atoms in total. The van der Waals surface area contributed by atoms with E-state index in [4.69, 9.17) is 0 Å². The van der Waals surface area contributed by atoms with Crippen LogP contribution in [0.25, 0.3) is 0 Å². The van der Waals surface area contributed by atoms with Crippen molar-refractivity contribution in [3.8, 4) is 11.5 Å². The molecule has 2 aromatic carbocycles. The summed E-state index contributed by atoms with van der Waals surface area (Å²) in [5.74, 6) is -0.870. The molecule has 0 saturated heterocycles. The van der Waals surface area contributed by atoms with Crippen LogP contribution >= 0.6 is 0 Å². The zero-order valence-corrected chi connectivity index (χ0v) is 11.3. The lowest BCUT2D eigenvalue weighted by Crippen LogP contribution is -2.03. The zero-order chi connectivity index (χ0) is 14.9.